The molecule has 1 saturated heterocycles. The molecule has 2 N–H and O–H groups in total. The van der Waals surface area contributed by atoms with Crippen molar-refractivity contribution in [2.75, 3.05) is 39.5 Å². The van der Waals surface area contributed by atoms with Crippen molar-refractivity contribution in [3.05, 3.63) is 84.0 Å². The Hall–Kier alpha value is -4.24. The molecule has 9 heteroatoms. The summed E-state index contributed by atoms with van der Waals surface area (Å²) in [5.74, 6) is 0.803. The predicted octanol–water partition coefficient (Wildman–Crippen LogP) is 4.84. The minimum Gasteiger partial charge on any atom is -0.482 e. The molecule has 1 atom stereocenters. The molecule has 0 unspecified atom stereocenters. The standard InChI is InChI=1S/C32H35FN6O2/c1-37(25-12-13-25)15-4-7-27(40)38-16-14-26(19-38)39-31-29(30(34)35-20-36-31)28(32(39)41-2)23-10-8-21(9-11-23)17-22-5-3-6-24(33)18-22/h3-11,18,20,25-26H,12-17,19H2,1-2H3,(H2,34,35,36)/b7-4+/t26-/m1/s1. The zero-order valence-electron chi connectivity index (χ0n) is 23.5. The summed E-state index contributed by atoms with van der Waals surface area (Å²) in [6.45, 7) is 1.99. The van der Waals surface area contributed by atoms with Crippen LogP contribution < -0.4 is 10.5 Å². The number of halogens is 1. The number of likely N-dealkylation sites (tertiary alicyclic amines) is 1. The zero-order chi connectivity index (χ0) is 28.5. The molecule has 2 aliphatic rings. The highest BCUT2D eigenvalue weighted by molar-refractivity contribution is 6.04. The highest BCUT2D eigenvalue weighted by atomic mass is 19.1. The number of nitrogen functional groups attached to an aromatic ring is 1. The van der Waals surface area contributed by atoms with Gasteiger partial charge in [-0.2, -0.15) is 0 Å². The van der Waals surface area contributed by atoms with E-state index in [1.54, 1.807) is 25.3 Å². The van der Waals surface area contributed by atoms with E-state index in [1.807, 2.05) is 41.3 Å². The van der Waals surface area contributed by atoms with Crippen LogP contribution >= 0.6 is 0 Å². The number of carbonyl (C=O) groups is 1. The van der Waals surface area contributed by atoms with E-state index in [-0.39, 0.29) is 17.8 Å². The van der Waals surface area contributed by atoms with Crippen LogP contribution in [0.25, 0.3) is 22.2 Å². The summed E-state index contributed by atoms with van der Waals surface area (Å²) < 4.78 is 21.8. The molecule has 1 aliphatic carbocycles. The molecule has 41 heavy (non-hydrogen) atoms. The molecule has 2 fully saturated rings. The van der Waals surface area contributed by atoms with E-state index in [2.05, 4.69) is 26.5 Å². The first kappa shape index (κ1) is 27.0. The van der Waals surface area contributed by atoms with Gasteiger partial charge in [-0.1, -0.05) is 42.5 Å². The summed E-state index contributed by atoms with van der Waals surface area (Å²) >= 11 is 0. The molecule has 3 heterocycles. The van der Waals surface area contributed by atoms with Crippen molar-refractivity contribution in [1.82, 2.24) is 24.3 Å². The summed E-state index contributed by atoms with van der Waals surface area (Å²) in [5, 5.41) is 0.731. The number of nitrogens with two attached hydrogens (primary N) is 1. The summed E-state index contributed by atoms with van der Waals surface area (Å²) in [7, 11) is 3.75. The average molecular weight is 555 g/mol. The lowest BCUT2D eigenvalue weighted by atomic mass is 10.00. The first-order chi connectivity index (χ1) is 19.9. The van der Waals surface area contributed by atoms with Crippen LogP contribution in [0.5, 0.6) is 5.88 Å². The fourth-order valence-electron chi connectivity index (χ4n) is 5.86. The molecule has 1 aliphatic heterocycles. The first-order valence-electron chi connectivity index (χ1n) is 14.1. The number of amides is 1. The van der Waals surface area contributed by atoms with Gasteiger partial charge in [0.05, 0.1) is 24.1 Å². The third-order valence-corrected chi connectivity index (χ3v) is 8.16. The first-order valence-corrected chi connectivity index (χ1v) is 14.1. The number of carbonyl (C=O) groups excluding carboxylic acids is 1. The number of hydrogen-bond acceptors (Lipinski definition) is 6. The molecule has 6 rings (SSSR count). The normalized spacial score (nSPS) is 17.3. The number of likely N-dealkylation sites (N-methyl/N-ethyl adjacent to an activating group) is 1. The zero-order valence-corrected chi connectivity index (χ0v) is 23.5. The Morgan fingerprint density at radius 3 is 2.68 bits per heavy atom. The third-order valence-electron chi connectivity index (χ3n) is 8.16. The van der Waals surface area contributed by atoms with Crippen LogP contribution in [0.3, 0.4) is 0 Å². The number of rotatable bonds is 9. The van der Waals surface area contributed by atoms with E-state index in [0.717, 1.165) is 40.6 Å². The van der Waals surface area contributed by atoms with Gasteiger partial charge < -0.3 is 15.4 Å². The molecule has 1 amide bonds. The topological polar surface area (TPSA) is 89.5 Å². The van der Waals surface area contributed by atoms with E-state index in [1.165, 1.54) is 25.2 Å². The summed E-state index contributed by atoms with van der Waals surface area (Å²) in [4.78, 5) is 26.1. The Morgan fingerprint density at radius 2 is 1.95 bits per heavy atom. The molecule has 0 radical (unpaired) electrons. The molecular weight excluding hydrogens is 519 g/mol. The lowest BCUT2D eigenvalue weighted by Crippen LogP contribution is -2.28. The van der Waals surface area contributed by atoms with Gasteiger partial charge in [0.15, 0.2) is 0 Å². The number of fused-ring (bicyclic) bond motifs is 1. The van der Waals surface area contributed by atoms with Gasteiger partial charge in [-0.3, -0.25) is 14.3 Å². The van der Waals surface area contributed by atoms with Crippen molar-refractivity contribution < 1.29 is 13.9 Å². The molecule has 1 saturated carbocycles. The van der Waals surface area contributed by atoms with E-state index < -0.39 is 0 Å². The largest absolute Gasteiger partial charge is 0.482 e. The average Bonchev–Trinajstić information content (AvgIpc) is 3.61. The van der Waals surface area contributed by atoms with Crippen molar-refractivity contribution in [3.8, 4) is 17.0 Å². The van der Waals surface area contributed by atoms with Gasteiger partial charge >= 0.3 is 0 Å². The van der Waals surface area contributed by atoms with E-state index in [0.29, 0.717) is 42.9 Å². The monoisotopic (exact) mass is 554 g/mol. The number of hydrogen-bond donors (Lipinski definition) is 1. The molecule has 2 aromatic heterocycles. The fraction of sp³-hybridized carbons (Fsp3) is 0.344. The number of methoxy groups -OCH3 is 1. The number of anilines is 1. The molecule has 8 nitrogen and oxygen atoms in total. The SMILES string of the molecule is COc1c(-c2ccc(Cc3cccc(F)c3)cc2)c2c(N)ncnc2n1[C@@H]1CCN(C(=O)/C=C/CN(C)C2CC2)C1. The van der Waals surface area contributed by atoms with Crippen LogP contribution in [0, 0.1) is 5.82 Å². The Balaban J connectivity index is 1.27. The van der Waals surface area contributed by atoms with Crippen molar-refractivity contribution in [2.24, 2.45) is 0 Å². The third kappa shape index (κ3) is 5.54. The van der Waals surface area contributed by atoms with Crippen LogP contribution in [0.15, 0.2) is 67.0 Å². The van der Waals surface area contributed by atoms with Crippen LogP contribution in [-0.2, 0) is 11.2 Å². The van der Waals surface area contributed by atoms with Crippen molar-refractivity contribution in [2.45, 2.75) is 37.8 Å². The van der Waals surface area contributed by atoms with Crippen LogP contribution in [0.1, 0.15) is 36.4 Å². The fourth-order valence-corrected chi connectivity index (χ4v) is 5.86. The van der Waals surface area contributed by atoms with Gasteiger partial charge in [0.25, 0.3) is 0 Å². The van der Waals surface area contributed by atoms with Crippen LogP contribution in [-0.4, -0.2) is 70.1 Å². The highest BCUT2D eigenvalue weighted by Crippen LogP contribution is 2.44. The molecule has 2 aromatic carbocycles. The maximum Gasteiger partial charge on any atom is 0.246 e. The lowest BCUT2D eigenvalue weighted by Gasteiger charge is -2.18. The van der Waals surface area contributed by atoms with Crippen molar-refractivity contribution in [1.29, 1.82) is 0 Å². The molecule has 0 spiro atoms. The Kier molecular flexibility index (Phi) is 7.45. The molecule has 0 bridgehead atoms. The summed E-state index contributed by atoms with van der Waals surface area (Å²) in [6.07, 6.45) is 9.02. The second-order valence-electron chi connectivity index (χ2n) is 11.0. The smallest absolute Gasteiger partial charge is 0.246 e. The van der Waals surface area contributed by atoms with E-state index in [4.69, 9.17) is 10.5 Å². The Morgan fingerprint density at radius 1 is 1.15 bits per heavy atom. The second-order valence-corrected chi connectivity index (χ2v) is 11.0. The quantitative estimate of drug-likeness (QED) is 0.298. The summed E-state index contributed by atoms with van der Waals surface area (Å²) in [5.41, 5.74) is 10.8. The maximum atomic E-state index is 13.7. The summed E-state index contributed by atoms with van der Waals surface area (Å²) in [6, 6.07) is 15.4. The van der Waals surface area contributed by atoms with E-state index in [9.17, 15) is 9.18 Å². The predicted molar refractivity (Wildman–Crippen MR) is 158 cm³/mol. The molecular formula is C32H35FN6O2. The van der Waals surface area contributed by atoms with Gasteiger partial charge in [0.1, 0.15) is 23.6 Å². The van der Waals surface area contributed by atoms with E-state index >= 15 is 0 Å². The van der Waals surface area contributed by atoms with Crippen LogP contribution in [0.4, 0.5) is 10.2 Å². The van der Waals surface area contributed by atoms with Gasteiger partial charge in [0.2, 0.25) is 11.8 Å². The highest BCUT2D eigenvalue weighted by Gasteiger charge is 2.33. The number of aromatic nitrogens is 3. The van der Waals surface area contributed by atoms with Gasteiger partial charge in [-0.25, -0.2) is 14.4 Å². The number of ether oxygens (including phenoxy) is 1. The van der Waals surface area contributed by atoms with Gasteiger partial charge in [0, 0.05) is 31.8 Å². The minimum atomic E-state index is -0.239. The van der Waals surface area contributed by atoms with Gasteiger partial charge in [-0.15, -0.1) is 0 Å². The van der Waals surface area contributed by atoms with Crippen molar-refractivity contribution >= 4 is 22.8 Å². The number of benzene rings is 2. The Bertz CT molecular complexity index is 1590. The van der Waals surface area contributed by atoms with Crippen molar-refractivity contribution in [3.63, 3.8) is 0 Å². The molecule has 212 valence electrons. The minimum absolute atomic E-state index is 0.0192. The second kappa shape index (κ2) is 11.3. The lowest BCUT2D eigenvalue weighted by molar-refractivity contribution is -0.125. The molecule has 4 aromatic rings. The maximum absolute atomic E-state index is 13.7. The van der Waals surface area contributed by atoms with Crippen LogP contribution in [0.2, 0.25) is 0 Å². The number of nitrogens with zero attached hydrogens (tertiary/aromatic N) is 5. The van der Waals surface area contributed by atoms with Gasteiger partial charge in [-0.05, 0) is 61.6 Å². The Labute approximate surface area is 239 Å².